The van der Waals surface area contributed by atoms with E-state index in [-0.39, 0.29) is 17.8 Å². The Hall–Kier alpha value is -1.55. The van der Waals surface area contributed by atoms with Crippen LogP contribution in [0.2, 0.25) is 0 Å². The molecule has 0 aromatic heterocycles. The quantitative estimate of drug-likeness (QED) is 0.795. The summed E-state index contributed by atoms with van der Waals surface area (Å²) < 4.78 is 10.4. The van der Waals surface area contributed by atoms with E-state index in [9.17, 15) is 4.79 Å². The first-order valence-electron chi connectivity index (χ1n) is 6.34. The van der Waals surface area contributed by atoms with E-state index in [1.807, 2.05) is 6.07 Å². The topological polar surface area (TPSA) is 47.6 Å². The van der Waals surface area contributed by atoms with Crippen molar-refractivity contribution in [2.24, 2.45) is 5.92 Å². The maximum absolute atomic E-state index is 11.7. The molecular weight excluding hydrogens is 230 g/mol. The Bertz CT molecular complexity index is 472. The molecule has 1 aromatic carbocycles. The molecule has 4 nitrogen and oxygen atoms in total. The highest BCUT2D eigenvalue weighted by atomic mass is 16.5. The lowest BCUT2D eigenvalue weighted by Crippen LogP contribution is -2.23. The van der Waals surface area contributed by atoms with Gasteiger partial charge in [-0.2, -0.15) is 0 Å². The van der Waals surface area contributed by atoms with Gasteiger partial charge in [-0.1, -0.05) is 12.1 Å². The summed E-state index contributed by atoms with van der Waals surface area (Å²) in [5.41, 5.74) is 2.46. The summed E-state index contributed by atoms with van der Waals surface area (Å²) in [4.78, 5) is 11.7. The molecule has 0 spiro atoms. The smallest absolute Gasteiger partial charge is 0.310 e. The van der Waals surface area contributed by atoms with Crippen LogP contribution in [0.25, 0.3) is 0 Å². The third-order valence-electron chi connectivity index (χ3n) is 3.86. The van der Waals surface area contributed by atoms with Crippen molar-refractivity contribution in [3.05, 3.63) is 29.3 Å². The number of esters is 1. The van der Waals surface area contributed by atoms with Crippen molar-refractivity contribution in [2.75, 3.05) is 26.8 Å². The van der Waals surface area contributed by atoms with Gasteiger partial charge in [0.25, 0.3) is 0 Å². The third kappa shape index (κ3) is 1.86. The maximum atomic E-state index is 11.7. The molecule has 0 unspecified atom stereocenters. The largest absolute Gasteiger partial charge is 0.493 e. The van der Waals surface area contributed by atoms with Crippen LogP contribution in [-0.2, 0) is 16.0 Å². The highest BCUT2D eigenvalue weighted by Crippen LogP contribution is 2.33. The zero-order valence-corrected chi connectivity index (χ0v) is 10.4. The first-order valence-corrected chi connectivity index (χ1v) is 6.34. The third-order valence-corrected chi connectivity index (χ3v) is 3.86. The minimum atomic E-state index is -0.123. The van der Waals surface area contributed by atoms with Gasteiger partial charge in [-0.15, -0.1) is 0 Å². The molecule has 18 heavy (non-hydrogen) atoms. The second kappa shape index (κ2) is 4.61. The minimum Gasteiger partial charge on any atom is -0.493 e. The summed E-state index contributed by atoms with van der Waals surface area (Å²) in [6, 6.07) is 6.26. The number of nitrogens with one attached hydrogen (secondary N) is 1. The fourth-order valence-electron chi connectivity index (χ4n) is 2.87. The normalized spacial score (nSPS) is 25.6. The van der Waals surface area contributed by atoms with Gasteiger partial charge in [0.2, 0.25) is 0 Å². The van der Waals surface area contributed by atoms with Gasteiger partial charge < -0.3 is 14.8 Å². The molecule has 0 bridgehead atoms. The van der Waals surface area contributed by atoms with E-state index in [4.69, 9.17) is 9.47 Å². The number of ether oxygens (including phenoxy) is 2. The van der Waals surface area contributed by atoms with Gasteiger partial charge in [0.15, 0.2) is 0 Å². The molecule has 2 atom stereocenters. The number of rotatable bonds is 2. The molecule has 96 valence electrons. The molecule has 0 amide bonds. The predicted octanol–water partition coefficient (Wildman–Crippen LogP) is 1.10. The molecule has 1 N–H and O–H groups in total. The van der Waals surface area contributed by atoms with Crippen LogP contribution in [-0.4, -0.2) is 32.8 Å². The highest BCUT2D eigenvalue weighted by Gasteiger charge is 2.35. The van der Waals surface area contributed by atoms with E-state index in [1.165, 1.54) is 18.2 Å². The molecule has 0 saturated carbocycles. The van der Waals surface area contributed by atoms with Crippen molar-refractivity contribution in [1.29, 1.82) is 0 Å². The second-order valence-corrected chi connectivity index (χ2v) is 4.86. The lowest BCUT2D eigenvalue weighted by atomic mass is 9.88. The molecule has 1 aromatic rings. The summed E-state index contributed by atoms with van der Waals surface area (Å²) in [6.45, 7) is 2.30. The number of carbonyl (C=O) groups is 1. The van der Waals surface area contributed by atoms with Gasteiger partial charge in [0, 0.05) is 25.4 Å². The van der Waals surface area contributed by atoms with Crippen LogP contribution in [0.1, 0.15) is 17.0 Å². The molecule has 0 aliphatic carbocycles. The average molecular weight is 247 g/mol. The summed E-state index contributed by atoms with van der Waals surface area (Å²) >= 11 is 0. The fraction of sp³-hybridized carbons (Fsp3) is 0.500. The van der Waals surface area contributed by atoms with Gasteiger partial charge in [-0.25, -0.2) is 0 Å². The standard InChI is InChI=1S/C14H17NO3/c1-17-14(16)12-8-15-7-11(12)9-2-3-13-10(6-9)4-5-18-13/h2-3,6,11-12,15H,4-5,7-8H2,1H3/t11-,12-/m0/s1. The number of carbonyl (C=O) groups excluding carboxylic acids is 1. The first kappa shape index (κ1) is 11.5. The molecule has 4 heteroatoms. The van der Waals surface area contributed by atoms with Crippen molar-refractivity contribution in [3.63, 3.8) is 0 Å². The van der Waals surface area contributed by atoms with Gasteiger partial charge in [-0.3, -0.25) is 4.79 Å². The fourth-order valence-corrected chi connectivity index (χ4v) is 2.87. The van der Waals surface area contributed by atoms with E-state index < -0.39 is 0 Å². The van der Waals surface area contributed by atoms with Crippen molar-refractivity contribution in [2.45, 2.75) is 12.3 Å². The zero-order valence-electron chi connectivity index (χ0n) is 10.4. The van der Waals surface area contributed by atoms with Crippen LogP contribution < -0.4 is 10.1 Å². The van der Waals surface area contributed by atoms with Gasteiger partial charge in [0.1, 0.15) is 5.75 Å². The Morgan fingerprint density at radius 1 is 1.44 bits per heavy atom. The van der Waals surface area contributed by atoms with Crippen molar-refractivity contribution >= 4 is 5.97 Å². The number of benzene rings is 1. The SMILES string of the molecule is COC(=O)[C@H]1CNC[C@H]1c1ccc2c(c1)CCO2. The lowest BCUT2D eigenvalue weighted by Gasteiger charge is -2.17. The Balaban J connectivity index is 1.87. The van der Waals surface area contributed by atoms with Crippen LogP contribution in [0.5, 0.6) is 5.75 Å². The van der Waals surface area contributed by atoms with Crippen molar-refractivity contribution < 1.29 is 14.3 Å². The predicted molar refractivity (Wildman–Crippen MR) is 66.8 cm³/mol. The van der Waals surface area contributed by atoms with Crippen molar-refractivity contribution in [1.82, 2.24) is 5.32 Å². The first-order chi connectivity index (χ1) is 8.79. The molecule has 0 radical (unpaired) electrons. The van der Waals surface area contributed by atoms with E-state index in [1.54, 1.807) is 0 Å². The maximum Gasteiger partial charge on any atom is 0.310 e. The Kier molecular flexibility index (Phi) is 2.96. The van der Waals surface area contributed by atoms with Gasteiger partial charge in [0.05, 0.1) is 19.6 Å². The molecule has 1 fully saturated rings. The molecule has 3 rings (SSSR count). The van der Waals surface area contributed by atoms with Gasteiger partial charge >= 0.3 is 5.97 Å². The van der Waals surface area contributed by atoms with Gasteiger partial charge in [-0.05, 0) is 17.2 Å². The number of hydrogen-bond acceptors (Lipinski definition) is 4. The van der Waals surface area contributed by atoms with E-state index in [2.05, 4.69) is 17.4 Å². The second-order valence-electron chi connectivity index (χ2n) is 4.86. The zero-order chi connectivity index (χ0) is 12.5. The number of methoxy groups -OCH3 is 1. The molecule has 2 aliphatic heterocycles. The summed E-state index contributed by atoms with van der Waals surface area (Å²) in [7, 11) is 1.45. The Labute approximate surface area is 106 Å². The molecule has 2 aliphatic rings. The monoisotopic (exact) mass is 247 g/mol. The Morgan fingerprint density at radius 2 is 2.33 bits per heavy atom. The summed E-state index contributed by atoms with van der Waals surface area (Å²) in [5.74, 6) is 1.000. The average Bonchev–Trinajstić information content (AvgIpc) is 3.05. The summed E-state index contributed by atoms with van der Waals surface area (Å²) in [6.07, 6.45) is 0.964. The molecular formula is C14H17NO3. The summed E-state index contributed by atoms with van der Waals surface area (Å²) in [5, 5.41) is 3.27. The molecule has 2 heterocycles. The Morgan fingerprint density at radius 3 is 3.17 bits per heavy atom. The van der Waals surface area contributed by atoms with Crippen molar-refractivity contribution in [3.8, 4) is 5.75 Å². The number of hydrogen-bond donors (Lipinski definition) is 1. The van der Waals surface area contributed by atoms with E-state index >= 15 is 0 Å². The highest BCUT2D eigenvalue weighted by molar-refractivity contribution is 5.74. The van der Waals surface area contributed by atoms with Crippen LogP contribution in [0.15, 0.2) is 18.2 Å². The van der Waals surface area contributed by atoms with Crippen LogP contribution >= 0.6 is 0 Å². The molecule has 1 saturated heterocycles. The minimum absolute atomic E-state index is 0.0737. The van der Waals surface area contributed by atoms with E-state index in [0.717, 1.165) is 25.3 Å². The number of fused-ring (bicyclic) bond motifs is 1. The van der Waals surface area contributed by atoms with Crippen LogP contribution in [0.3, 0.4) is 0 Å². The lowest BCUT2D eigenvalue weighted by molar-refractivity contribution is -0.145. The van der Waals surface area contributed by atoms with E-state index in [0.29, 0.717) is 6.54 Å². The van der Waals surface area contributed by atoms with Crippen LogP contribution in [0.4, 0.5) is 0 Å². The van der Waals surface area contributed by atoms with Crippen LogP contribution in [0, 0.1) is 5.92 Å².